The van der Waals surface area contributed by atoms with E-state index in [9.17, 15) is 28.1 Å². The van der Waals surface area contributed by atoms with Crippen molar-refractivity contribution < 1.29 is 28.0 Å². The first-order valence-electron chi connectivity index (χ1n) is 10.5. The van der Waals surface area contributed by atoms with Crippen LogP contribution in [0.5, 0.6) is 0 Å². The number of nitrogens with zero attached hydrogens (tertiary/aromatic N) is 3. The number of benzene rings is 3. The summed E-state index contributed by atoms with van der Waals surface area (Å²) in [6, 6.07) is 19.5. The Balaban J connectivity index is 1.68. The van der Waals surface area contributed by atoms with Gasteiger partial charge >= 0.3 is 12.1 Å². The molecule has 0 bridgehead atoms. The smallest absolute Gasteiger partial charge is 0.416 e. The van der Waals surface area contributed by atoms with Crippen LogP contribution in [0.4, 0.5) is 18.9 Å². The van der Waals surface area contributed by atoms with Gasteiger partial charge in [-0.25, -0.2) is 4.68 Å². The molecule has 0 radical (unpaired) electrons. The predicted octanol–water partition coefficient (Wildman–Crippen LogP) is 6.15. The van der Waals surface area contributed by atoms with Crippen LogP contribution in [0.3, 0.4) is 0 Å². The van der Waals surface area contributed by atoms with Gasteiger partial charge < -0.3 is 5.11 Å². The second-order valence-corrected chi connectivity index (χ2v) is 7.75. The van der Waals surface area contributed by atoms with E-state index in [1.807, 2.05) is 0 Å². The minimum absolute atomic E-state index is 0.0746. The first kappa shape index (κ1) is 23.7. The molecule has 0 unspecified atom stereocenters. The van der Waals surface area contributed by atoms with Gasteiger partial charge in [0.05, 0.1) is 34.0 Å². The summed E-state index contributed by atoms with van der Waals surface area (Å²) in [7, 11) is 0. The van der Waals surface area contributed by atoms with Crippen LogP contribution >= 0.6 is 0 Å². The summed E-state index contributed by atoms with van der Waals surface area (Å²) in [6.45, 7) is 0. The highest BCUT2D eigenvalue weighted by Crippen LogP contribution is 2.32. The van der Waals surface area contributed by atoms with Gasteiger partial charge in [0.1, 0.15) is 0 Å². The van der Waals surface area contributed by atoms with Gasteiger partial charge in [0, 0.05) is 24.1 Å². The van der Waals surface area contributed by atoms with Crippen molar-refractivity contribution in [2.24, 2.45) is 0 Å². The second kappa shape index (κ2) is 9.41. The number of aromatic nitrogens is 2. The summed E-state index contributed by atoms with van der Waals surface area (Å²) < 4.78 is 40.1. The Morgan fingerprint density at radius 1 is 0.914 bits per heavy atom. The van der Waals surface area contributed by atoms with E-state index in [0.717, 1.165) is 23.3 Å². The first-order chi connectivity index (χ1) is 16.6. The van der Waals surface area contributed by atoms with Gasteiger partial charge in [-0.15, -0.1) is 0 Å². The van der Waals surface area contributed by atoms with Gasteiger partial charge in [-0.2, -0.15) is 18.3 Å². The third-order valence-electron chi connectivity index (χ3n) is 5.39. The number of hydrogen-bond donors (Lipinski definition) is 1. The molecule has 1 N–H and O–H groups in total. The normalized spacial score (nSPS) is 11.4. The molecule has 4 aromatic rings. The van der Waals surface area contributed by atoms with Crippen molar-refractivity contribution in [1.29, 1.82) is 0 Å². The Bertz CT molecular complexity index is 1360. The van der Waals surface area contributed by atoms with Crippen LogP contribution in [0.15, 0.2) is 78.9 Å². The number of rotatable bonds is 7. The average Bonchev–Trinajstić information content (AvgIpc) is 3.27. The van der Waals surface area contributed by atoms with Crippen LogP contribution in [0.25, 0.3) is 28.1 Å². The van der Waals surface area contributed by atoms with Crippen LogP contribution in [-0.2, 0) is 17.4 Å². The monoisotopic (exact) mass is 481 g/mol. The molecular formula is C25H18F3N3O4. The predicted molar refractivity (Wildman–Crippen MR) is 122 cm³/mol. The average molecular weight is 481 g/mol. The molecule has 3 aromatic carbocycles. The summed E-state index contributed by atoms with van der Waals surface area (Å²) in [5.41, 5.74) is 3.00. The van der Waals surface area contributed by atoms with Crippen molar-refractivity contribution in [3.63, 3.8) is 0 Å². The summed E-state index contributed by atoms with van der Waals surface area (Å²) in [6.07, 6.45) is -4.31. The topological polar surface area (TPSA) is 98.3 Å². The molecule has 0 saturated carbocycles. The van der Waals surface area contributed by atoms with E-state index in [0.29, 0.717) is 22.6 Å². The molecule has 7 nitrogen and oxygen atoms in total. The molecule has 4 rings (SSSR count). The number of aliphatic carboxylic acids is 1. The number of non-ortho nitro benzene ring substituents is 1. The number of carbonyl (C=O) groups is 1. The fourth-order valence-electron chi connectivity index (χ4n) is 3.59. The zero-order chi connectivity index (χ0) is 25.2. The quantitative estimate of drug-likeness (QED) is 0.252. The van der Waals surface area contributed by atoms with Crippen molar-refractivity contribution in [2.75, 3.05) is 0 Å². The molecule has 0 atom stereocenters. The van der Waals surface area contributed by atoms with E-state index in [1.165, 1.54) is 24.3 Å². The Morgan fingerprint density at radius 3 is 1.97 bits per heavy atom. The van der Waals surface area contributed by atoms with Crippen LogP contribution in [0, 0.1) is 10.1 Å². The molecule has 0 aliphatic carbocycles. The zero-order valence-electron chi connectivity index (χ0n) is 18.1. The highest BCUT2D eigenvalue weighted by molar-refractivity contribution is 5.71. The van der Waals surface area contributed by atoms with Gasteiger partial charge in [-0.05, 0) is 41.5 Å². The number of nitro benzene ring substituents is 1. The number of hydrogen-bond acceptors (Lipinski definition) is 4. The SMILES string of the molecule is O=C(O)CCc1cc(-c2ccc(-c3ccc(C(F)(F)F)cc3)cc2)n(-c2ccc([N+](=O)[O-])cc2)n1. The largest absolute Gasteiger partial charge is 0.481 e. The summed E-state index contributed by atoms with van der Waals surface area (Å²) >= 11 is 0. The lowest BCUT2D eigenvalue weighted by atomic mass is 10.0. The Labute approximate surface area is 197 Å². The lowest BCUT2D eigenvalue weighted by Crippen LogP contribution is -2.03. The molecule has 35 heavy (non-hydrogen) atoms. The fourth-order valence-corrected chi connectivity index (χ4v) is 3.59. The number of halogens is 3. The Hall–Kier alpha value is -4.47. The van der Waals surface area contributed by atoms with Gasteiger partial charge in [-0.1, -0.05) is 36.4 Å². The number of nitro groups is 1. The molecule has 10 heteroatoms. The van der Waals surface area contributed by atoms with Crippen molar-refractivity contribution in [1.82, 2.24) is 9.78 Å². The minimum Gasteiger partial charge on any atom is -0.481 e. The highest BCUT2D eigenvalue weighted by atomic mass is 19.4. The molecule has 0 fully saturated rings. The summed E-state index contributed by atoms with van der Waals surface area (Å²) in [5, 5.41) is 24.5. The standard InChI is InChI=1S/C25H18F3N3O4/c26-25(27,28)19-7-5-17(6-8-19)16-1-3-18(4-2-16)23-15-20(9-14-24(32)33)29-30(23)21-10-12-22(13-11-21)31(34)35/h1-8,10-13,15H,9,14H2,(H,32,33). The molecule has 0 saturated heterocycles. The van der Waals surface area contributed by atoms with Crippen LogP contribution in [0.1, 0.15) is 17.7 Å². The molecule has 0 aliphatic heterocycles. The first-order valence-corrected chi connectivity index (χ1v) is 10.5. The number of aryl methyl sites for hydroxylation is 1. The lowest BCUT2D eigenvalue weighted by Gasteiger charge is -2.10. The second-order valence-electron chi connectivity index (χ2n) is 7.75. The minimum atomic E-state index is -4.41. The van der Waals surface area contributed by atoms with Gasteiger partial charge in [0.25, 0.3) is 5.69 Å². The number of carboxylic acids is 1. The highest BCUT2D eigenvalue weighted by Gasteiger charge is 2.30. The maximum absolute atomic E-state index is 12.8. The van der Waals surface area contributed by atoms with Gasteiger partial charge in [0.2, 0.25) is 0 Å². The lowest BCUT2D eigenvalue weighted by molar-refractivity contribution is -0.384. The van der Waals surface area contributed by atoms with Crippen LogP contribution < -0.4 is 0 Å². The van der Waals surface area contributed by atoms with Crippen molar-refractivity contribution in [3.05, 3.63) is 100 Å². The van der Waals surface area contributed by atoms with E-state index >= 15 is 0 Å². The molecular weight excluding hydrogens is 463 g/mol. The Kier molecular flexibility index (Phi) is 6.37. The molecule has 0 aliphatic rings. The van der Waals surface area contributed by atoms with E-state index in [2.05, 4.69) is 5.10 Å². The van der Waals surface area contributed by atoms with Gasteiger partial charge in [0.15, 0.2) is 0 Å². The Morgan fingerprint density at radius 2 is 1.46 bits per heavy atom. The molecule has 0 spiro atoms. The van der Waals surface area contributed by atoms with Crippen molar-refractivity contribution in [2.45, 2.75) is 19.0 Å². The van der Waals surface area contributed by atoms with Gasteiger partial charge in [-0.3, -0.25) is 14.9 Å². The van der Waals surface area contributed by atoms with E-state index in [-0.39, 0.29) is 18.5 Å². The fraction of sp³-hybridized carbons (Fsp3) is 0.120. The van der Waals surface area contributed by atoms with Crippen LogP contribution in [-0.4, -0.2) is 25.8 Å². The van der Waals surface area contributed by atoms with E-state index in [1.54, 1.807) is 47.1 Å². The zero-order valence-corrected chi connectivity index (χ0v) is 18.1. The van der Waals surface area contributed by atoms with Crippen molar-refractivity contribution in [3.8, 4) is 28.1 Å². The van der Waals surface area contributed by atoms with E-state index < -0.39 is 22.6 Å². The summed E-state index contributed by atoms with van der Waals surface area (Å²) in [5.74, 6) is -0.961. The number of carboxylic acid groups (broad SMARTS) is 1. The molecule has 0 amide bonds. The van der Waals surface area contributed by atoms with E-state index in [4.69, 9.17) is 5.11 Å². The maximum atomic E-state index is 12.8. The molecule has 1 heterocycles. The maximum Gasteiger partial charge on any atom is 0.416 e. The number of alkyl halides is 3. The third kappa shape index (κ3) is 5.37. The molecule has 178 valence electrons. The third-order valence-corrected chi connectivity index (χ3v) is 5.39. The molecule has 1 aromatic heterocycles. The van der Waals surface area contributed by atoms with Crippen LogP contribution in [0.2, 0.25) is 0 Å². The summed E-state index contributed by atoms with van der Waals surface area (Å²) in [4.78, 5) is 21.5. The van der Waals surface area contributed by atoms with Crippen molar-refractivity contribution >= 4 is 11.7 Å².